The summed E-state index contributed by atoms with van der Waals surface area (Å²) in [6.07, 6.45) is 4.24. The fourth-order valence-corrected chi connectivity index (χ4v) is 3.65. The number of hydrogen-bond acceptors (Lipinski definition) is 7. The molecule has 1 aliphatic rings. The molecule has 0 bridgehead atoms. The number of benzene rings is 1. The number of hydrogen-bond donors (Lipinski definition) is 5. The molecule has 1 amide bonds. The van der Waals surface area contributed by atoms with Crippen LogP contribution in [0.2, 0.25) is 0 Å². The number of fused-ring (bicyclic) bond motifs is 1. The van der Waals surface area contributed by atoms with E-state index in [4.69, 9.17) is 0 Å². The standard InChI is InChI=1S/C22H27N7O2/c1-14-5-2-6-15(13-14)27-19-18-16(8-12-25-21(18)31)28-22(29-19)26-11-4-10-24-20(30)17-7-3-9-23-17/h2,5-6,8,12-13,17,23H,3-4,7,9-11H2,1H3,(H,24,30)(H,25,31)(H2,26,27,28,29)/t17-/m0/s1. The van der Waals surface area contributed by atoms with Crippen molar-refractivity contribution in [1.82, 2.24) is 25.6 Å². The van der Waals surface area contributed by atoms with Crippen LogP contribution >= 0.6 is 0 Å². The van der Waals surface area contributed by atoms with E-state index in [9.17, 15) is 9.59 Å². The van der Waals surface area contributed by atoms with Crippen LogP contribution < -0.4 is 26.8 Å². The van der Waals surface area contributed by atoms with E-state index in [-0.39, 0.29) is 17.5 Å². The monoisotopic (exact) mass is 421 g/mol. The van der Waals surface area contributed by atoms with E-state index in [0.29, 0.717) is 35.8 Å². The van der Waals surface area contributed by atoms with Gasteiger partial charge in [0.2, 0.25) is 11.9 Å². The number of rotatable bonds is 8. The molecular weight excluding hydrogens is 394 g/mol. The average molecular weight is 422 g/mol. The third kappa shape index (κ3) is 5.18. The molecule has 0 radical (unpaired) electrons. The zero-order chi connectivity index (χ0) is 21.6. The molecule has 0 spiro atoms. The lowest BCUT2D eigenvalue weighted by Gasteiger charge is -2.13. The molecule has 1 saturated heterocycles. The van der Waals surface area contributed by atoms with Gasteiger partial charge in [-0.1, -0.05) is 12.1 Å². The number of nitrogens with zero attached hydrogens (tertiary/aromatic N) is 2. The molecule has 4 rings (SSSR count). The molecule has 31 heavy (non-hydrogen) atoms. The highest BCUT2D eigenvalue weighted by Crippen LogP contribution is 2.23. The summed E-state index contributed by atoms with van der Waals surface area (Å²) in [7, 11) is 0. The minimum Gasteiger partial charge on any atom is -0.355 e. The number of carbonyl (C=O) groups excluding carboxylic acids is 1. The quantitative estimate of drug-likeness (QED) is 0.353. The average Bonchev–Trinajstić information content (AvgIpc) is 3.28. The van der Waals surface area contributed by atoms with Crippen LogP contribution in [-0.2, 0) is 4.79 Å². The maximum atomic E-state index is 12.4. The first-order valence-corrected chi connectivity index (χ1v) is 10.6. The van der Waals surface area contributed by atoms with Crippen LogP contribution in [-0.4, -0.2) is 46.5 Å². The first kappa shape index (κ1) is 20.8. The van der Waals surface area contributed by atoms with Gasteiger partial charge < -0.3 is 26.3 Å². The van der Waals surface area contributed by atoms with Gasteiger partial charge in [0.05, 0.1) is 11.6 Å². The van der Waals surface area contributed by atoms with Gasteiger partial charge in [-0.2, -0.15) is 4.98 Å². The summed E-state index contributed by atoms with van der Waals surface area (Å²) in [4.78, 5) is 36.1. The molecule has 0 saturated carbocycles. The second-order valence-corrected chi connectivity index (χ2v) is 7.68. The number of carbonyl (C=O) groups is 1. The van der Waals surface area contributed by atoms with Gasteiger partial charge >= 0.3 is 0 Å². The van der Waals surface area contributed by atoms with E-state index in [2.05, 4.69) is 36.2 Å². The molecule has 162 valence electrons. The minimum atomic E-state index is -0.248. The minimum absolute atomic E-state index is 0.0586. The molecule has 1 aliphatic heterocycles. The molecule has 3 aromatic rings. The molecule has 5 N–H and O–H groups in total. The Morgan fingerprint density at radius 2 is 2.13 bits per heavy atom. The number of aromatic nitrogens is 3. The SMILES string of the molecule is Cc1cccc(Nc2nc(NCCCNC(=O)[C@@H]3CCCN3)nc3cc[nH]c(=O)c23)c1. The van der Waals surface area contributed by atoms with E-state index in [1.54, 1.807) is 12.3 Å². The second kappa shape index (κ2) is 9.57. The van der Waals surface area contributed by atoms with Crippen LogP contribution in [0.1, 0.15) is 24.8 Å². The van der Waals surface area contributed by atoms with Crippen LogP contribution in [0.4, 0.5) is 17.5 Å². The maximum Gasteiger partial charge on any atom is 0.261 e. The van der Waals surface area contributed by atoms with Gasteiger partial charge in [-0.25, -0.2) is 4.98 Å². The van der Waals surface area contributed by atoms with Gasteiger partial charge in [-0.05, 0) is 56.5 Å². The fraction of sp³-hybridized carbons (Fsp3) is 0.364. The van der Waals surface area contributed by atoms with Gasteiger partial charge in [0.15, 0.2) is 0 Å². The van der Waals surface area contributed by atoms with Crippen molar-refractivity contribution in [2.24, 2.45) is 0 Å². The van der Waals surface area contributed by atoms with E-state index in [0.717, 1.165) is 37.1 Å². The van der Waals surface area contributed by atoms with E-state index < -0.39 is 0 Å². The molecule has 9 heteroatoms. The predicted molar refractivity (Wildman–Crippen MR) is 122 cm³/mol. The smallest absolute Gasteiger partial charge is 0.261 e. The number of nitrogens with one attached hydrogen (secondary N) is 5. The Hall–Kier alpha value is -3.46. The van der Waals surface area contributed by atoms with Crippen LogP contribution in [0, 0.1) is 6.92 Å². The summed E-state index contributed by atoms with van der Waals surface area (Å²) in [5.41, 5.74) is 2.25. The highest BCUT2D eigenvalue weighted by atomic mass is 16.2. The highest BCUT2D eigenvalue weighted by molar-refractivity contribution is 5.90. The molecule has 1 fully saturated rings. The third-order valence-corrected chi connectivity index (χ3v) is 5.21. The Kier molecular flexibility index (Phi) is 6.42. The van der Waals surface area contributed by atoms with E-state index in [1.165, 1.54) is 0 Å². The number of amides is 1. The van der Waals surface area contributed by atoms with Crippen molar-refractivity contribution in [3.05, 3.63) is 52.4 Å². The lowest BCUT2D eigenvalue weighted by Crippen LogP contribution is -2.41. The van der Waals surface area contributed by atoms with Crippen molar-refractivity contribution in [1.29, 1.82) is 0 Å². The van der Waals surface area contributed by atoms with Crippen LogP contribution in [0.3, 0.4) is 0 Å². The lowest BCUT2D eigenvalue weighted by molar-refractivity contribution is -0.122. The highest BCUT2D eigenvalue weighted by Gasteiger charge is 2.21. The summed E-state index contributed by atoms with van der Waals surface area (Å²) >= 11 is 0. The van der Waals surface area contributed by atoms with Crippen molar-refractivity contribution in [3.63, 3.8) is 0 Å². The summed E-state index contributed by atoms with van der Waals surface area (Å²) in [6, 6.07) is 9.54. The van der Waals surface area contributed by atoms with Crippen molar-refractivity contribution >= 4 is 34.3 Å². The van der Waals surface area contributed by atoms with Crippen molar-refractivity contribution in [3.8, 4) is 0 Å². The molecule has 2 aromatic heterocycles. The number of H-pyrrole nitrogens is 1. The summed E-state index contributed by atoms with van der Waals surface area (Å²) < 4.78 is 0. The van der Waals surface area contributed by atoms with E-state index in [1.807, 2.05) is 31.2 Å². The Balaban J connectivity index is 1.43. The Morgan fingerprint density at radius 1 is 1.23 bits per heavy atom. The topological polar surface area (TPSA) is 124 Å². The summed E-state index contributed by atoms with van der Waals surface area (Å²) in [5, 5.41) is 13.0. The molecule has 3 heterocycles. The zero-order valence-corrected chi connectivity index (χ0v) is 17.5. The first-order chi connectivity index (χ1) is 15.1. The molecule has 0 aliphatic carbocycles. The number of aryl methyl sites for hydroxylation is 1. The number of anilines is 3. The Bertz CT molecular complexity index is 1120. The normalized spacial score (nSPS) is 15.7. The Morgan fingerprint density at radius 3 is 2.94 bits per heavy atom. The van der Waals surface area contributed by atoms with Gasteiger partial charge in [0.25, 0.3) is 5.56 Å². The third-order valence-electron chi connectivity index (χ3n) is 5.21. The van der Waals surface area contributed by atoms with Crippen molar-refractivity contribution < 1.29 is 4.79 Å². The number of aromatic amines is 1. The predicted octanol–water partition coefficient (Wildman–Crippen LogP) is 2.04. The molecule has 0 unspecified atom stereocenters. The number of pyridine rings is 1. The largest absolute Gasteiger partial charge is 0.355 e. The second-order valence-electron chi connectivity index (χ2n) is 7.68. The maximum absolute atomic E-state index is 12.4. The van der Waals surface area contributed by atoms with Crippen LogP contribution in [0.15, 0.2) is 41.3 Å². The van der Waals surface area contributed by atoms with Gasteiger partial charge in [-0.3, -0.25) is 9.59 Å². The molecular formula is C22H27N7O2. The summed E-state index contributed by atoms with van der Waals surface area (Å²) in [5.74, 6) is 0.931. The van der Waals surface area contributed by atoms with Gasteiger partial charge in [0, 0.05) is 25.0 Å². The van der Waals surface area contributed by atoms with Gasteiger partial charge in [0.1, 0.15) is 11.2 Å². The lowest BCUT2D eigenvalue weighted by atomic mass is 10.2. The molecule has 9 nitrogen and oxygen atoms in total. The summed E-state index contributed by atoms with van der Waals surface area (Å²) in [6.45, 7) is 4.08. The van der Waals surface area contributed by atoms with Crippen molar-refractivity contribution in [2.75, 3.05) is 30.3 Å². The first-order valence-electron chi connectivity index (χ1n) is 10.6. The van der Waals surface area contributed by atoms with E-state index >= 15 is 0 Å². The van der Waals surface area contributed by atoms with Crippen LogP contribution in [0.5, 0.6) is 0 Å². The van der Waals surface area contributed by atoms with Gasteiger partial charge in [-0.15, -0.1) is 0 Å². The molecule has 1 atom stereocenters. The van der Waals surface area contributed by atoms with Crippen LogP contribution in [0.25, 0.3) is 10.9 Å². The fourth-order valence-electron chi connectivity index (χ4n) is 3.65. The molecule has 1 aromatic carbocycles. The Labute approximate surface area is 180 Å². The van der Waals surface area contributed by atoms with Crippen molar-refractivity contribution in [2.45, 2.75) is 32.2 Å². The zero-order valence-electron chi connectivity index (χ0n) is 17.5.